The van der Waals surface area contributed by atoms with Gasteiger partial charge in [-0.15, -0.1) is 0 Å². The van der Waals surface area contributed by atoms with E-state index in [1.54, 1.807) is 23.2 Å². The van der Waals surface area contributed by atoms with E-state index in [-0.39, 0.29) is 18.4 Å². The largest absolute Gasteiger partial charge is 0.444 e. The zero-order chi connectivity index (χ0) is 21.4. The van der Waals surface area contributed by atoms with Crippen LogP contribution in [0.2, 0.25) is 0 Å². The molecular weight excluding hydrogens is 401 g/mol. The highest BCUT2D eigenvalue weighted by molar-refractivity contribution is 5.93. The highest BCUT2D eigenvalue weighted by Crippen LogP contribution is 2.32. The molecule has 5 rings (SSSR count). The number of fused-ring (bicyclic) bond motifs is 2. The fourth-order valence-corrected chi connectivity index (χ4v) is 3.56. The van der Waals surface area contributed by atoms with Crippen molar-refractivity contribution in [2.75, 3.05) is 22.1 Å². The van der Waals surface area contributed by atoms with E-state index in [2.05, 4.69) is 30.8 Å². The molecule has 9 nitrogen and oxygen atoms in total. The van der Waals surface area contributed by atoms with Gasteiger partial charge in [-0.1, -0.05) is 6.07 Å². The number of aromatic nitrogens is 4. The van der Waals surface area contributed by atoms with Gasteiger partial charge in [-0.05, 0) is 37.3 Å². The molecule has 3 N–H and O–H groups in total. The summed E-state index contributed by atoms with van der Waals surface area (Å²) in [6, 6.07) is 11.1. The lowest BCUT2D eigenvalue weighted by Gasteiger charge is -2.23. The first-order valence-corrected chi connectivity index (χ1v) is 9.68. The van der Waals surface area contributed by atoms with E-state index in [1.807, 2.05) is 31.2 Å². The van der Waals surface area contributed by atoms with E-state index in [1.165, 1.54) is 0 Å². The summed E-state index contributed by atoms with van der Waals surface area (Å²) in [4.78, 5) is 21.6. The number of nitrogens with zero attached hydrogens (tertiary/aromatic N) is 4. The van der Waals surface area contributed by atoms with Gasteiger partial charge >= 0.3 is 6.09 Å². The van der Waals surface area contributed by atoms with Gasteiger partial charge in [0.05, 0.1) is 29.3 Å². The number of rotatable bonds is 5. The Morgan fingerprint density at radius 2 is 2.16 bits per heavy atom. The number of carbonyl (C=O) groups excluding carboxylic acids is 1. The summed E-state index contributed by atoms with van der Waals surface area (Å²) in [6.07, 6.45) is 2.37. The van der Waals surface area contributed by atoms with Crippen molar-refractivity contribution < 1.29 is 13.9 Å². The smallest absolute Gasteiger partial charge is 0.411 e. The molecule has 0 saturated heterocycles. The minimum atomic E-state index is -0.533. The number of nitrogens with one attached hydrogen (secondary N) is 3. The highest BCUT2D eigenvalue weighted by atomic mass is 19.1. The van der Waals surface area contributed by atoms with Gasteiger partial charge in [0.2, 0.25) is 5.95 Å². The molecule has 2 aromatic carbocycles. The van der Waals surface area contributed by atoms with Crippen LogP contribution in [0.5, 0.6) is 0 Å². The lowest BCUT2D eigenvalue weighted by atomic mass is 10.1. The van der Waals surface area contributed by atoms with Crippen molar-refractivity contribution in [1.29, 1.82) is 0 Å². The molecule has 0 atom stereocenters. The van der Waals surface area contributed by atoms with Gasteiger partial charge in [-0.2, -0.15) is 10.1 Å². The first-order chi connectivity index (χ1) is 15.1. The maximum absolute atomic E-state index is 14.7. The summed E-state index contributed by atoms with van der Waals surface area (Å²) in [5.41, 5.74) is 3.84. The van der Waals surface area contributed by atoms with Crippen molar-refractivity contribution in [3.8, 4) is 0 Å². The SMILES string of the molecule is CCN(c1nc(Nc2ccc3c(c2)COC(=O)N3)ncc1F)c1cccc2[nH]ncc12. The van der Waals surface area contributed by atoms with Crippen molar-refractivity contribution >= 4 is 45.8 Å². The summed E-state index contributed by atoms with van der Waals surface area (Å²) < 4.78 is 19.7. The molecule has 0 aliphatic carbocycles. The van der Waals surface area contributed by atoms with E-state index in [9.17, 15) is 9.18 Å². The van der Waals surface area contributed by atoms with Crippen LogP contribution in [0.25, 0.3) is 10.9 Å². The zero-order valence-electron chi connectivity index (χ0n) is 16.5. The molecule has 1 amide bonds. The fourth-order valence-electron chi connectivity index (χ4n) is 3.56. The fraction of sp³-hybridized carbons (Fsp3) is 0.143. The number of hydrogen-bond acceptors (Lipinski definition) is 7. The number of amides is 1. The molecule has 0 bridgehead atoms. The summed E-state index contributed by atoms with van der Waals surface area (Å²) in [7, 11) is 0. The van der Waals surface area contributed by atoms with Crippen molar-refractivity contribution in [3.05, 3.63) is 60.2 Å². The predicted octanol–water partition coefficient (Wildman–Crippen LogP) is 4.46. The van der Waals surface area contributed by atoms with Crippen molar-refractivity contribution in [2.45, 2.75) is 13.5 Å². The molecule has 156 valence electrons. The number of hydrogen-bond donors (Lipinski definition) is 3. The average molecular weight is 419 g/mol. The summed E-state index contributed by atoms with van der Waals surface area (Å²) in [6.45, 7) is 2.59. The number of cyclic esters (lactones) is 1. The van der Waals surface area contributed by atoms with Gasteiger partial charge in [0.25, 0.3) is 0 Å². The molecule has 10 heteroatoms. The molecule has 1 aliphatic heterocycles. The lowest BCUT2D eigenvalue weighted by Crippen LogP contribution is -2.20. The second kappa shape index (κ2) is 7.56. The van der Waals surface area contributed by atoms with Crippen LogP contribution in [0.1, 0.15) is 12.5 Å². The Morgan fingerprint density at radius 3 is 3.03 bits per heavy atom. The Balaban J connectivity index is 1.48. The minimum absolute atomic E-state index is 0.155. The third-order valence-corrected chi connectivity index (χ3v) is 5.01. The number of carbonyl (C=O) groups is 1. The van der Waals surface area contributed by atoms with Crippen molar-refractivity contribution in [1.82, 2.24) is 20.2 Å². The van der Waals surface area contributed by atoms with Gasteiger partial charge in [-0.25, -0.2) is 14.2 Å². The summed E-state index contributed by atoms with van der Waals surface area (Å²) >= 11 is 0. The maximum atomic E-state index is 14.7. The number of ether oxygens (including phenoxy) is 1. The molecule has 4 aromatic rings. The van der Waals surface area contributed by atoms with Gasteiger partial charge < -0.3 is 15.0 Å². The van der Waals surface area contributed by atoms with Crippen LogP contribution in [0.3, 0.4) is 0 Å². The zero-order valence-corrected chi connectivity index (χ0v) is 16.5. The molecule has 31 heavy (non-hydrogen) atoms. The molecule has 0 radical (unpaired) electrons. The monoisotopic (exact) mass is 419 g/mol. The number of benzene rings is 2. The average Bonchev–Trinajstić information content (AvgIpc) is 3.26. The van der Waals surface area contributed by atoms with E-state index >= 15 is 0 Å². The molecule has 0 spiro atoms. The van der Waals surface area contributed by atoms with Gasteiger partial charge in [0.1, 0.15) is 6.61 Å². The predicted molar refractivity (Wildman–Crippen MR) is 114 cm³/mol. The van der Waals surface area contributed by atoms with E-state index in [4.69, 9.17) is 4.74 Å². The van der Waals surface area contributed by atoms with Gasteiger partial charge in [-0.3, -0.25) is 10.4 Å². The standard InChI is InChI=1S/C21H18FN7O2/c1-2-29(18-5-3-4-17-14(18)9-24-28-17)19-15(22)10-23-20(27-19)25-13-6-7-16-12(8-13)11-31-21(30)26-16/h3-10H,2,11H2,1H3,(H,24,28)(H,26,30)(H,23,25,27). The third kappa shape index (κ3) is 3.48. The molecule has 1 aliphatic rings. The van der Waals surface area contributed by atoms with Crippen LogP contribution in [0.15, 0.2) is 48.8 Å². The Hall–Kier alpha value is -4.21. The van der Waals surface area contributed by atoms with E-state index in [0.717, 1.165) is 28.4 Å². The number of halogens is 1. The normalized spacial score (nSPS) is 12.8. The summed E-state index contributed by atoms with van der Waals surface area (Å²) in [5, 5.41) is 13.6. The molecule has 2 aromatic heterocycles. The topological polar surface area (TPSA) is 108 Å². The van der Waals surface area contributed by atoms with Gasteiger partial charge in [0.15, 0.2) is 11.6 Å². The van der Waals surface area contributed by atoms with Crippen LogP contribution in [0.4, 0.5) is 38.0 Å². The second-order valence-corrected chi connectivity index (χ2v) is 6.92. The van der Waals surface area contributed by atoms with E-state index < -0.39 is 11.9 Å². The molecule has 0 saturated carbocycles. The third-order valence-electron chi connectivity index (χ3n) is 5.01. The van der Waals surface area contributed by atoms with Crippen LogP contribution in [-0.2, 0) is 11.3 Å². The van der Waals surface area contributed by atoms with E-state index in [0.29, 0.717) is 17.9 Å². The van der Waals surface area contributed by atoms with Crippen LogP contribution in [0, 0.1) is 5.82 Å². The highest BCUT2D eigenvalue weighted by Gasteiger charge is 2.19. The van der Waals surface area contributed by atoms with Crippen LogP contribution < -0.4 is 15.5 Å². The molecule has 3 heterocycles. The van der Waals surface area contributed by atoms with Gasteiger partial charge in [0, 0.05) is 23.2 Å². The Morgan fingerprint density at radius 1 is 1.26 bits per heavy atom. The molecule has 0 unspecified atom stereocenters. The first-order valence-electron chi connectivity index (χ1n) is 9.68. The van der Waals surface area contributed by atoms with Crippen LogP contribution in [-0.4, -0.2) is 32.8 Å². The quantitative estimate of drug-likeness (QED) is 0.438. The number of aromatic amines is 1. The Kier molecular flexibility index (Phi) is 4.58. The Bertz CT molecular complexity index is 1290. The number of H-pyrrole nitrogens is 1. The number of anilines is 5. The molecule has 0 fully saturated rings. The first kappa shape index (κ1) is 18.8. The van der Waals surface area contributed by atoms with Crippen molar-refractivity contribution in [2.24, 2.45) is 0 Å². The minimum Gasteiger partial charge on any atom is -0.444 e. The molecular formula is C21H18FN7O2. The van der Waals surface area contributed by atoms with Crippen molar-refractivity contribution in [3.63, 3.8) is 0 Å². The summed E-state index contributed by atoms with van der Waals surface area (Å²) in [5.74, 6) is -0.133. The lowest BCUT2D eigenvalue weighted by molar-refractivity contribution is 0.151. The Labute approximate surface area is 176 Å². The van der Waals surface area contributed by atoms with Crippen LogP contribution >= 0.6 is 0 Å². The second-order valence-electron chi connectivity index (χ2n) is 6.92. The maximum Gasteiger partial charge on any atom is 0.411 e.